The number of carbonyl (C=O) groups is 2. The van der Waals surface area contributed by atoms with Gasteiger partial charge in [0.15, 0.2) is 0 Å². The zero-order chi connectivity index (χ0) is 16.8. The average molecular weight is 348 g/mol. The molecule has 3 rings (SSSR count). The van der Waals surface area contributed by atoms with E-state index in [4.69, 9.17) is 4.74 Å². The molecule has 1 N–H and O–H groups in total. The number of rotatable bonds is 6. The van der Waals surface area contributed by atoms with Crippen LogP contribution in [0, 0.1) is 0 Å². The molecule has 2 amide bonds. The molecule has 1 aromatic rings. The summed E-state index contributed by atoms with van der Waals surface area (Å²) in [4.78, 5) is 25.6. The number of thioether (sulfide) groups is 1. The summed E-state index contributed by atoms with van der Waals surface area (Å²) < 4.78 is 6.08. The summed E-state index contributed by atoms with van der Waals surface area (Å²) in [5.41, 5.74) is 0. The summed E-state index contributed by atoms with van der Waals surface area (Å²) >= 11 is 1.33. The summed E-state index contributed by atoms with van der Waals surface area (Å²) in [5, 5.41) is 3.21. The van der Waals surface area contributed by atoms with Crippen molar-refractivity contribution in [3.05, 3.63) is 30.3 Å². The standard InChI is InChI=1S/C18H24N2O3S/c21-17(10-11-20-12-13-24-18(20)22)19-15-8-4-5-9-16(15)23-14-6-2-1-3-7-14/h1-3,6-7,15-16H,4-5,8-13H2,(H,19,21). The Balaban J connectivity index is 1.49. The van der Waals surface area contributed by atoms with E-state index in [-0.39, 0.29) is 23.3 Å². The van der Waals surface area contributed by atoms with Crippen molar-refractivity contribution in [2.24, 2.45) is 0 Å². The Bertz CT molecular complexity index is 567. The quantitative estimate of drug-likeness (QED) is 0.858. The molecule has 0 aromatic heterocycles. The fraction of sp³-hybridized carbons (Fsp3) is 0.556. The summed E-state index contributed by atoms with van der Waals surface area (Å²) in [5.74, 6) is 1.69. The van der Waals surface area contributed by atoms with Gasteiger partial charge in [-0.1, -0.05) is 36.4 Å². The van der Waals surface area contributed by atoms with Crippen molar-refractivity contribution in [2.75, 3.05) is 18.8 Å². The number of ether oxygens (including phenoxy) is 1. The van der Waals surface area contributed by atoms with Crippen LogP contribution >= 0.6 is 11.8 Å². The van der Waals surface area contributed by atoms with Gasteiger partial charge in [-0.15, -0.1) is 0 Å². The minimum Gasteiger partial charge on any atom is -0.488 e. The SMILES string of the molecule is O=C(CCN1CCSC1=O)NC1CCCCC1Oc1ccccc1. The van der Waals surface area contributed by atoms with Crippen LogP contribution in [0.4, 0.5) is 4.79 Å². The number of hydrogen-bond donors (Lipinski definition) is 1. The minimum absolute atomic E-state index is 0.00765. The second kappa shape index (κ2) is 8.42. The predicted octanol–water partition coefficient (Wildman–Crippen LogP) is 3.05. The third kappa shape index (κ3) is 4.66. The molecule has 2 aliphatic rings. The Labute approximate surface area is 147 Å². The third-order valence-electron chi connectivity index (χ3n) is 4.53. The van der Waals surface area contributed by atoms with Crippen molar-refractivity contribution in [1.29, 1.82) is 0 Å². The highest BCUT2D eigenvalue weighted by atomic mass is 32.2. The van der Waals surface area contributed by atoms with Gasteiger partial charge in [0.2, 0.25) is 5.91 Å². The van der Waals surface area contributed by atoms with E-state index < -0.39 is 0 Å². The van der Waals surface area contributed by atoms with Crippen molar-refractivity contribution in [2.45, 2.75) is 44.2 Å². The largest absolute Gasteiger partial charge is 0.488 e. The maximum absolute atomic E-state index is 12.3. The fourth-order valence-corrected chi connectivity index (χ4v) is 4.07. The van der Waals surface area contributed by atoms with Crippen LogP contribution in [0.15, 0.2) is 30.3 Å². The molecule has 0 spiro atoms. The smallest absolute Gasteiger partial charge is 0.281 e. The average Bonchev–Trinajstić information content (AvgIpc) is 3.01. The molecule has 1 aliphatic heterocycles. The van der Waals surface area contributed by atoms with Crippen LogP contribution in [0.25, 0.3) is 0 Å². The van der Waals surface area contributed by atoms with Crippen LogP contribution in [0.2, 0.25) is 0 Å². The molecule has 2 unspecified atom stereocenters. The summed E-state index contributed by atoms with van der Waals surface area (Å²) in [7, 11) is 0. The lowest BCUT2D eigenvalue weighted by atomic mass is 9.92. The van der Waals surface area contributed by atoms with Gasteiger partial charge in [-0.3, -0.25) is 9.59 Å². The zero-order valence-electron chi connectivity index (χ0n) is 13.8. The fourth-order valence-electron chi connectivity index (χ4n) is 3.22. The molecule has 0 radical (unpaired) electrons. The van der Waals surface area contributed by atoms with Crippen molar-refractivity contribution in [1.82, 2.24) is 10.2 Å². The number of hydrogen-bond acceptors (Lipinski definition) is 4. The van der Waals surface area contributed by atoms with E-state index in [1.165, 1.54) is 11.8 Å². The molecule has 24 heavy (non-hydrogen) atoms. The van der Waals surface area contributed by atoms with Gasteiger partial charge in [0.25, 0.3) is 5.24 Å². The maximum Gasteiger partial charge on any atom is 0.281 e. The van der Waals surface area contributed by atoms with Gasteiger partial charge in [0.1, 0.15) is 11.9 Å². The van der Waals surface area contributed by atoms with Crippen molar-refractivity contribution in [3.8, 4) is 5.75 Å². The number of amides is 2. The summed E-state index contributed by atoms with van der Waals surface area (Å²) in [6.07, 6.45) is 4.53. The van der Waals surface area contributed by atoms with Gasteiger partial charge >= 0.3 is 0 Å². The molecule has 1 aliphatic carbocycles. The Morgan fingerprint density at radius 1 is 1.25 bits per heavy atom. The van der Waals surface area contributed by atoms with Crippen LogP contribution < -0.4 is 10.1 Å². The Morgan fingerprint density at radius 3 is 2.79 bits per heavy atom. The van der Waals surface area contributed by atoms with Crippen LogP contribution in [-0.4, -0.2) is 47.0 Å². The molecule has 2 fully saturated rings. The van der Waals surface area contributed by atoms with Crippen LogP contribution in [0.1, 0.15) is 32.1 Å². The zero-order valence-corrected chi connectivity index (χ0v) is 14.6. The lowest BCUT2D eigenvalue weighted by Gasteiger charge is -2.32. The van der Waals surface area contributed by atoms with Crippen LogP contribution in [-0.2, 0) is 4.79 Å². The van der Waals surface area contributed by atoms with E-state index >= 15 is 0 Å². The first kappa shape index (κ1) is 17.1. The normalized spacial score (nSPS) is 24.0. The Hall–Kier alpha value is -1.69. The lowest BCUT2D eigenvalue weighted by Crippen LogP contribution is -2.48. The number of nitrogens with one attached hydrogen (secondary N) is 1. The first-order valence-electron chi connectivity index (χ1n) is 8.65. The molecule has 1 saturated heterocycles. The van der Waals surface area contributed by atoms with Crippen molar-refractivity contribution < 1.29 is 14.3 Å². The first-order chi connectivity index (χ1) is 11.7. The molecule has 5 nitrogen and oxygen atoms in total. The van der Waals surface area contributed by atoms with Gasteiger partial charge in [-0.05, 0) is 31.4 Å². The van der Waals surface area contributed by atoms with Crippen molar-refractivity contribution >= 4 is 22.9 Å². The first-order valence-corrected chi connectivity index (χ1v) is 9.64. The van der Waals surface area contributed by atoms with E-state index in [2.05, 4.69) is 5.32 Å². The summed E-state index contributed by atoms with van der Waals surface area (Å²) in [6.45, 7) is 1.26. The van der Waals surface area contributed by atoms with Gasteiger partial charge in [-0.2, -0.15) is 0 Å². The van der Waals surface area contributed by atoms with Crippen LogP contribution in [0.3, 0.4) is 0 Å². The van der Waals surface area contributed by atoms with Gasteiger partial charge in [-0.25, -0.2) is 0 Å². The van der Waals surface area contributed by atoms with E-state index in [0.29, 0.717) is 13.0 Å². The van der Waals surface area contributed by atoms with E-state index in [1.807, 2.05) is 30.3 Å². The molecule has 0 bridgehead atoms. The van der Waals surface area contributed by atoms with Crippen molar-refractivity contribution in [3.63, 3.8) is 0 Å². The summed E-state index contributed by atoms with van der Waals surface area (Å²) in [6, 6.07) is 9.82. The topological polar surface area (TPSA) is 58.6 Å². The second-order valence-electron chi connectivity index (χ2n) is 6.28. The molecule has 1 saturated carbocycles. The molecule has 1 aromatic carbocycles. The number of para-hydroxylation sites is 1. The highest BCUT2D eigenvalue weighted by Crippen LogP contribution is 2.24. The minimum atomic E-state index is 0.00765. The van der Waals surface area contributed by atoms with E-state index in [0.717, 1.165) is 43.7 Å². The monoisotopic (exact) mass is 348 g/mol. The lowest BCUT2D eigenvalue weighted by molar-refractivity contribution is -0.123. The molecular formula is C18H24N2O3S. The number of benzene rings is 1. The third-order valence-corrected chi connectivity index (χ3v) is 5.43. The van der Waals surface area contributed by atoms with E-state index in [1.54, 1.807) is 4.90 Å². The molecule has 2 atom stereocenters. The van der Waals surface area contributed by atoms with Gasteiger partial charge in [0.05, 0.1) is 6.04 Å². The number of nitrogens with zero attached hydrogens (tertiary/aromatic N) is 1. The molecular weight excluding hydrogens is 324 g/mol. The molecule has 1 heterocycles. The molecule has 130 valence electrons. The van der Waals surface area contributed by atoms with Crippen LogP contribution in [0.5, 0.6) is 5.75 Å². The maximum atomic E-state index is 12.3. The Morgan fingerprint density at radius 2 is 2.04 bits per heavy atom. The highest BCUT2D eigenvalue weighted by Gasteiger charge is 2.28. The highest BCUT2D eigenvalue weighted by molar-refractivity contribution is 8.13. The molecule has 6 heteroatoms. The predicted molar refractivity (Wildman–Crippen MR) is 95.3 cm³/mol. The van der Waals surface area contributed by atoms with Gasteiger partial charge in [0, 0.05) is 25.3 Å². The van der Waals surface area contributed by atoms with E-state index in [9.17, 15) is 9.59 Å². The number of carbonyl (C=O) groups excluding carboxylic acids is 2. The van der Waals surface area contributed by atoms with Gasteiger partial charge < -0.3 is 15.0 Å². The second-order valence-corrected chi connectivity index (χ2v) is 7.33. The Kier molecular flexibility index (Phi) is 6.01.